The lowest BCUT2D eigenvalue weighted by Crippen LogP contribution is -2.29. The third-order valence-electron chi connectivity index (χ3n) is 2.33. The van der Waals surface area contributed by atoms with E-state index in [0.29, 0.717) is 11.4 Å². The summed E-state index contributed by atoms with van der Waals surface area (Å²) in [6.45, 7) is 2.56. The lowest BCUT2D eigenvalue weighted by molar-refractivity contribution is 0.0803. The summed E-state index contributed by atoms with van der Waals surface area (Å²) >= 11 is 1.71. The summed E-state index contributed by atoms with van der Waals surface area (Å²) in [5.41, 5.74) is 3.83. The number of rotatable bonds is 5. The zero-order valence-electron chi connectivity index (χ0n) is 10.4. The number of hydrazine groups is 1. The van der Waals surface area contributed by atoms with Gasteiger partial charge in [-0.05, 0) is 25.3 Å². The van der Waals surface area contributed by atoms with Gasteiger partial charge in [0.15, 0.2) is 0 Å². The Morgan fingerprint density at radius 2 is 2.29 bits per heavy atom. The molecule has 94 valence electrons. The highest BCUT2D eigenvalue weighted by Crippen LogP contribution is 2.11. The van der Waals surface area contributed by atoms with Crippen molar-refractivity contribution < 1.29 is 4.79 Å². The molecule has 5 nitrogen and oxygen atoms in total. The number of thioether (sulfide) groups is 1. The second-order valence-electron chi connectivity index (χ2n) is 3.75. The van der Waals surface area contributed by atoms with Gasteiger partial charge >= 0.3 is 0 Å². The van der Waals surface area contributed by atoms with Gasteiger partial charge in [-0.1, -0.05) is 0 Å². The summed E-state index contributed by atoms with van der Waals surface area (Å²) in [7, 11) is 1.80. The summed E-state index contributed by atoms with van der Waals surface area (Å²) in [6, 6.07) is 3.42. The molecule has 6 heteroatoms. The summed E-state index contributed by atoms with van der Waals surface area (Å²) in [6.07, 6.45) is 2.02. The quantitative estimate of drug-likeness (QED) is 0.608. The van der Waals surface area contributed by atoms with Crippen LogP contribution in [0.15, 0.2) is 12.1 Å². The Hall–Kier alpha value is -1.27. The molecule has 0 aliphatic heterocycles. The van der Waals surface area contributed by atoms with Crippen molar-refractivity contribution in [2.45, 2.75) is 6.92 Å². The van der Waals surface area contributed by atoms with Gasteiger partial charge in [-0.15, -0.1) is 0 Å². The van der Waals surface area contributed by atoms with Crippen LogP contribution in [0.2, 0.25) is 0 Å². The third kappa shape index (κ3) is 3.90. The Labute approximate surface area is 106 Å². The second kappa shape index (κ2) is 6.46. The van der Waals surface area contributed by atoms with E-state index >= 15 is 0 Å². The maximum Gasteiger partial charge on any atom is 0.253 e. The molecule has 1 aromatic heterocycles. The molecule has 0 unspecified atom stereocenters. The average Bonchev–Trinajstić information content (AvgIpc) is 2.34. The molecule has 1 rings (SSSR count). The predicted molar refractivity (Wildman–Crippen MR) is 72.1 cm³/mol. The minimum Gasteiger partial charge on any atom is -0.341 e. The minimum absolute atomic E-state index is 0.0129. The number of carbonyl (C=O) groups excluding carboxylic acids is 1. The molecule has 0 radical (unpaired) electrons. The Kier molecular flexibility index (Phi) is 5.24. The van der Waals surface area contributed by atoms with Gasteiger partial charge in [0.05, 0.1) is 0 Å². The Morgan fingerprint density at radius 1 is 1.59 bits per heavy atom. The van der Waals surface area contributed by atoms with Crippen LogP contribution in [-0.2, 0) is 0 Å². The fraction of sp³-hybridized carbons (Fsp3) is 0.455. The maximum absolute atomic E-state index is 12.1. The van der Waals surface area contributed by atoms with Crippen LogP contribution in [0.5, 0.6) is 0 Å². The van der Waals surface area contributed by atoms with Crippen molar-refractivity contribution in [2.24, 2.45) is 5.84 Å². The number of aryl methyl sites for hydroxylation is 1. The molecule has 0 saturated heterocycles. The maximum atomic E-state index is 12.1. The number of nitrogen functional groups attached to an aromatic ring is 1. The van der Waals surface area contributed by atoms with Crippen LogP contribution in [-0.4, -0.2) is 41.4 Å². The molecule has 0 aliphatic carbocycles. The van der Waals surface area contributed by atoms with Crippen LogP contribution in [0.3, 0.4) is 0 Å². The number of nitrogens with two attached hydrogens (primary N) is 1. The second-order valence-corrected chi connectivity index (χ2v) is 4.73. The van der Waals surface area contributed by atoms with Gasteiger partial charge in [-0.25, -0.2) is 10.8 Å². The number of hydrogen-bond acceptors (Lipinski definition) is 5. The fourth-order valence-electron chi connectivity index (χ4n) is 1.42. The predicted octanol–water partition coefficient (Wildman–Crippen LogP) is 1.11. The smallest absolute Gasteiger partial charge is 0.253 e. The molecular formula is C11H18N4OS. The summed E-state index contributed by atoms with van der Waals surface area (Å²) < 4.78 is 0. The zero-order chi connectivity index (χ0) is 12.8. The first kappa shape index (κ1) is 13.8. The molecule has 0 spiro atoms. The zero-order valence-corrected chi connectivity index (χ0v) is 11.2. The van der Waals surface area contributed by atoms with Crippen molar-refractivity contribution in [3.05, 3.63) is 23.4 Å². The van der Waals surface area contributed by atoms with Crippen molar-refractivity contribution >= 4 is 23.5 Å². The molecule has 0 fully saturated rings. The van der Waals surface area contributed by atoms with Gasteiger partial charge in [-0.2, -0.15) is 11.8 Å². The van der Waals surface area contributed by atoms with Crippen LogP contribution in [0.4, 0.5) is 5.82 Å². The van der Waals surface area contributed by atoms with Crippen molar-refractivity contribution in [2.75, 3.05) is 31.0 Å². The van der Waals surface area contributed by atoms with Crippen molar-refractivity contribution in [3.63, 3.8) is 0 Å². The number of nitrogens with zero attached hydrogens (tertiary/aromatic N) is 2. The highest BCUT2D eigenvalue weighted by atomic mass is 32.2. The van der Waals surface area contributed by atoms with Gasteiger partial charge in [0.2, 0.25) is 0 Å². The molecule has 0 aromatic carbocycles. The normalized spacial score (nSPS) is 10.1. The molecule has 17 heavy (non-hydrogen) atoms. The average molecular weight is 254 g/mol. The number of carbonyl (C=O) groups is 1. The van der Waals surface area contributed by atoms with Crippen LogP contribution in [0, 0.1) is 6.92 Å². The monoisotopic (exact) mass is 254 g/mol. The van der Waals surface area contributed by atoms with Gasteiger partial charge < -0.3 is 10.3 Å². The number of aromatic nitrogens is 1. The van der Waals surface area contributed by atoms with Crippen molar-refractivity contribution in [1.82, 2.24) is 9.88 Å². The number of nitrogens with one attached hydrogen (secondary N) is 1. The minimum atomic E-state index is -0.0129. The standard InChI is InChI=1S/C11H18N4OS/c1-8-6-9(7-10(13-8)14-12)11(16)15(2)4-5-17-3/h6-7H,4-5,12H2,1-3H3,(H,13,14). The summed E-state index contributed by atoms with van der Waals surface area (Å²) in [5, 5.41) is 0. The largest absolute Gasteiger partial charge is 0.341 e. The van der Waals surface area contributed by atoms with Gasteiger partial charge in [0, 0.05) is 30.6 Å². The van der Waals surface area contributed by atoms with Crippen LogP contribution >= 0.6 is 11.8 Å². The van der Waals surface area contributed by atoms with E-state index in [1.165, 1.54) is 0 Å². The number of amides is 1. The molecule has 1 amide bonds. The lowest BCUT2D eigenvalue weighted by atomic mass is 10.2. The van der Waals surface area contributed by atoms with Gasteiger partial charge in [0.25, 0.3) is 5.91 Å². The van der Waals surface area contributed by atoms with Crippen LogP contribution in [0.1, 0.15) is 16.1 Å². The van der Waals surface area contributed by atoms with Crippen molar-refractivity contribution in [1.29, 1.82) is 0 Å². The lowest BCUT2D eigenvalue weighted by Gasteiger charge is -2.17. The Morgan fingerprint density at radius 3 is 2.88 bits per heavy atom. The van der Waals surface area contributed by atoms with E-state index in [1.807, 2.05) is 13.2 Å². The SMILES string of the molecule is CSCCN(C)C(=O)c1cc(C)nc(NN)c1. The first-order chi connectivity index (χ1) is 8.08. The number of anilines is 1. The molecule has 0 bridgehead atoms. The number of pyridine rings is 1. The van der Waals surface area contributed by atoms with Gasteiger partial charge in [0.1, 0.15) is 5.82 Å². The van der Waals surface area contributed by atoms with E-state index in [4.69, 9.17) is 5.84 Å². The fourth-order valence-corrected chi connectivity index (χ4v) is 1.87. The Bertz CT molecular complexity index is 397. The molecule has 1 heterocycles. The van der Waals surface area contributed by atoms with Crippen molar-refractivity contribution in [3.8, 4) is 0 Å². The third-order valence-corrected chi connectivity index (χ3v) is 2.92. The molecule has 1 aromatic rings. The van der Waals surface area contributed by atoms with Crippen LogP contribution < -0.4 is 11.3 Å². The van der Waals surface area contributed by atoms with Gasteiger partial charge in [-0.3, -0.25) is 4.79 Å². The van der Waals surface area contributed by atoms with E-state index in [0.717, 1.165) is 18.0 Å². The molecular weight excluding hydrogens is 236 g/mol. The highest BCUT2D eigenvalue weighted by molar-refractivity contribution is 7.98. The molecule has 0 aliphatic rings. The molecule has 0 atom stereocenters. The Balaban J connectivity index is 2.84. The summed E-state index contributed by atoms with van der Waals surface area (Å²) in [4.78, 5) is 17.9. The molecule has 3 N–H and O–H groups in total. The highest BCUT2D eigenvalue weighted by Gasteiger charge is 2.12. The van der Waals surface area contributed by atoms with E-state index in [9.17, 15) is 4.79 Å². The van der Waals surface area contributed by atoms with E-state index < -0.39 is 0 Å². The topological polar surface area (TPSA) is 71.2 Å². The van der Waals surface area contributed by atoms with E-state index in [-0.39, 0.29) is 5.91 Å². The summed E-state index contributed by atoms with van der Waals surface area (Å²) in [5.74, 6) is 6.72. The first-order valence-electron chi connectivity index (χ1n) is 5.28. The first-order valence-corrected chi connectivity index (χ1v) is 6.67. The number of hydrogen-bond donors (Lipinski definition) is 2. The molecule has 0 saturated carbocycles. The van der Waals surface area contributed by atoms with Crippen LogP contribution in [0.25, 0.3) is 0 Å². The van der Waals surface area contributed by atoms with E-state index in [2.05, 4.69) is 10.4 Å². The van der Waals surface area contributed by atoms with E-state index in [1.54, 1.807) is 35.8 Å².